The Bertz CT molecular complexity index is 361. The van der Waals surface area contributed by atoms with Gasteiger partial charge in [-0.25, -0.2) is 8.42 Å². The predicted octanol–water partition coefficient (Wildman–Crippen LogP) is 0.395. The van der Waals surface area contributed by atoms with E-state index in [0.717, 1.165) is 6.26 Å². The molecule has 0 aliphatic heterocycles. The topological polar surface area (TPSA) is 80.5 Å². The standard InChI is InChI=1S/C11H24N2O3S/c1-9(2)13(8-6-7-12)10(14)11(3,4)17(5,15)16/h9H,6-8,12H2,1-5H3. The van der Waals surface area contributed by atoms with Crippen LogP contribution in [-0.2, 0) is 14.6 Å². The van der Waals surface area contributed by atoms with Crippen LogP contribution in [0.2, 0.25) is 0 Å². The zero-order valence-electron chi connectivity index (χ0n) is 11.4. The lowest BCUT2D eigenvalue weighted by Gasteiger charge is -2.33. The van der Waals surface area contributed by atoms with Crippen molar-refractivity contribution in [2.45, 2.75) is 44.9 Å². The Morgan fingerprint density at radius 1 is 1.35 bits per heavy atom. The Balaban J connectivity index is 5.09. The summed E-state index contributed by atoms with van der Waals surface area (Å²) in [5, 5.41) is 0. The molecule has 0 aliphatic carbocycles. The molecule has 0 atom stereocenters. The van der Waals surface area contributed by atoms with Crippen LogP contribution in [0.1, 0.15) is 34.1 Å². The molecule has 0 saturated carbocycles. The van der Waals surface area contributed by atoms with Crippen LogP contribution in [0, 0.1) is 0 Å². The molecule has 0 aromatic rings. The molecule has 0 saturated heterocycles. The van der Waals surface area contributed by atoms with Crippen molar-refractivity contribution in [3.63, 3.8) is 0 Å². The molecule has 0 aliphatic rings. The van der Waals surface area contributed by atoms with Crippen LogP contribution in [0.4, 0.5) is 0 Å². The number of nitrogens with two attached hydrogens (primary N) is 1. The summed E-state index contributed by atoms with van der Waals surface area (Å²) in [6, 6.07) is -0.0323. The second-order valence-corrected chi connectivity index (χ2v) is 7.58. The maximum Gasteiger partial charge on any atom is 0.243 e. The fourth-order valence-corrected chi connectivity index (χ4v) is 1.79. The summed E-state index contributed by atoms with van der Waals surface area (Å²) in [5.41, 5.74) is 5.42. The van der Waals surface area contributed by atoms with Crippen molar-refractivity contribution in [3.8, 4) is 0 Å². The summed E-state index contributed by atoms with van der Waals surface area (Å²) in [7, 11) is -3.43. The molecule has 102 valence electrons. The summed E-state index contributed by atoms with van der Waals surface area (Å²) in [5.74, 6) is -0.358. The monoisotopic (exact) mass is 264 g/mol. The number of hydrogen-bond acceptors (Lipinski definition) is 4. The number of nitrogens with zero attached hydrogens (tertiary/aromatic N) is 1. The first-order chi connectivity index (χ1) is 7.55. The zero-order chi connectivity index (χ0) is 13.9. The van der Waals surface area contributed by atoms with Crippen LogP contribution in [0.5, 0.6) is 0 Å². The highest BCUT2D eigenvalue weighted by molar-refractivity contribution is 7.92. The molecule has 0 aromatic heterocycles. The van der Waals surface area contributed by atoms with E-state index in [1.54, 1.807) is 4.90 Å². The van der Waals surface area contributed by atoms with Gasteiger partial charge in [-0.3, -0.25) is 4.79 Å². The van der Waals surface area contributed by atoms with Gasteiger partial charge < -0.3 is 10.6 Å². The molecular formula is C11H24N2O3S. The second kappa shape index (κ2) is 5.82. The maximum absolute atomic E-state index is 12.3. The second-order valence-electron chi connectivity index (χ2n) is 5.02. The number of rotatable bonds is 6. The molecule has 0 spiro atoms. The Labute approximate surface area is 104 Å². The molecule has 0 unspecified atom stereocenters. The summed E-state index contributed by atoms with van der Waals surface area (Å²) in [4.78, 5) is 13.8. The Morgan fingerprint density at radius 3 is 2.12 bits per heavy atom. The minimum absolute atomic E-state index is 0.0323. The molecule has 0 bridgehead atoms. The van der Waals surface area contributed by atoms with Crippen LogP contribution in [-0.4, -0.2) is 49.4 Å². The molecule has 0 radical (unpaired) electrons. The van der Waals surface area contributed by atoms with Crippen molar-refractivity contribution in [1.29, 1.82) is 0 Å². The first kappa shape index (κ1) is 16.4. The van der Waals surface area contributed by atoms with E-state index in [-0.39, 0.29) is 11.9 Å². The Morgan fingerprint density at radius 2 is 1.82 bits per heavy atom. The van der Waals surface area contributed by atoms with Gasteiger partial charge in [-0.15, -0.1) is 0 Å². The van der Waals surface area contributed by atoms with Gasteiger partial charge in [0.15, 0.2) is 9.84 Å². The molecule has 17 heavy (non-hydrogen) atoms. The lowest BCUT2D eigenvalue weighted by atomic mass is 10.1. The molecule has 0 rings (SSSR count). The van der Waals surface area contributed by atoms with E-state index in [9.17, 15) is 13.2 Å². The Hall–Kier alpha value is -0.620. The van der Waals surface area contributed by atoms with E-state index in [2.05, 4.69) is 0 Å². The predicted molar refractivity (Wildman–Crippen MR) is 69.4 cm³/mol. The minimum Gasteiger partial charge on any atom is -0.339 e. The van der Waals surface area contributed by atoms with Gasteiger partial charge in [-0.05, 0) is 40.7 Å². The molecule has 0 aromatic carbocycles. The molecule has 5 nitrogen and oxygen atoms in total. The van der Waals surface area contributed by atoms with Crippen LogP contribution in [0.15, 0.2) is 0 Å². The van der Waals surface area contributed by atoms with Crippen molar-refractivity contribution in [2.75, 3.05) is 19.3 Å². The fraction of sp³-hybridized carbons (Fsp3) is 0.909. The summed E-state index contributed by atoms with van der Waals surface area (Å²) < 4.78 is 21.9. The van der Waals surface area contributed by atoms with Gasteiger partial charge in [0.1, 0.15) is 4.75 Å². The van der Waals surface area contributed by atoms with E-state index in [1.165, 1.54) is 13.8 Å². The van der Waals surface area contributed by atoms with Gasteiger partial charge in [0.05, 0.1) is 0 Å². The van der Waals surface area contributed by atoms with Crippen molar-refractivity contribution in [1.82, 2.24) is 4.90 Å². The number of hydrogen-bond donors (Lipinski definition) is 1. The third-order valence-electron chi connectivity index (χ3n) is 2.93. The molecule has 0 fully saturated rings. The number of carbonyl (C=O) groups excluding carboxylic acids is 1. The molecule has 0 heterocycles. The molecule has 2 N–H and O–H groups in total. The van der Waals surface area contributed by atoms with Crippen molar-refractivity contribution in [3.05, 3.63) is 0 Å². The largest absolute Gasteiger partial charge is 0.339 e. The van der Waals surface area contributed by atoms with Crippen LogP contribution in [0.3, 0.4) is 0 Å². The normalized spacial score (nSPS) is 12.9. The number of amides is 1. The van der Waals surface area contributed by atoms with E-state index in [1.807, 2.05) is 13.8 Å². The van der Waals surface area contributed by atoms with Gasteiger partial charge >= 0.3 is 0 Å². The van der Waals surface area contributed by atoms with Gasteiger partial charge in [0.2, 0.25) is 5.91 Å². The maximum atomic E-state index is 12.3. The number of carbonyl (C=O) groups is 1. The van der Waals surface area contributed by atoms with Crippen LogP contribution < -0.4 is 5.73 Å². The van der Waals surface area contributed by atoms with E-state index in [4.69, 9.17) is 5.73 Å². The molecule has 6 heteroatoms. The highest BCUT2D eigenvalue weighted by Crippen LogP contribution is 2.20. The van der Waals surface area contributed by atoms with Gasteiger partial charge in [0.25, 0.3) is 0 Å². The lowest BCUT2D eigenvalue weighted by molar-refractivity contribution is -0.134. The highest BCUT2D eigenvalue weighted by Gasteiger charge is 2.41. The average molecular weight is 264 g/mol. The van der Waals surface area contributed by atoms with Crippen molar-refractivity contribution in [2.24, 2.45) is 5.73 Å². The van der Waals surface area contributed by atoms with Crippen LogP contribution >= 0.6 is 0 Å². The third kappa shape index (κ3) is 3.96. The first-order valence-electron chi connectivity index (χ1n) is 5.76. The van der Waals surface area contributed by atoms with Gasteiger partial charge in [0, 0.05) is 18.8 Å². The van der Waals surface area contributed by atoms with Crippen molar-refractivity contribution < 1.29 is 13.2 Å². The quantitative estimate of drug-likeness (QED) is 0.753. The molecular weight excluding hydrogens is 240 g/mol. The summed E-state index contributed by atoms with van der Waals surface area (Å²) in [6.45, 7) is 7.60. The Kier molecular flexibility index (Phi) is 5.61. The summed E-state index contributed by atoms with van der Waals surface area (Å²) >= 11 is 0. The third-order valence-corrected chi connectivity index (χ3v) is 4.96. The van der Waals surface area contributed by atoms with Crippen molar-refractivity contribution >= 4 is 15.7 Å². The fourth-order valence-electron chi connectivity index (χ4n) is 1.36. The zero-order valence-corrected chi connectivity index (χ0v) is 12.2. The van der Waals surface area contributed by atoms with Gasteiger partial charge in [-0.1, -0.05) is 0 Å². The SMILES string of the molecule is CC(C)N(CCCN)C(=O)C(C)(C)S(C)(=O)=O. The van der Waals surface area contributed by atoms with Crippen LogP contribution in [0.25, 0.3) is 0 Å². The lowest BCUT2D eigenvalue weighted by Crippen LogP contribution is -2.52. The van der Waals surface area contributed by atoms with Gasteiger partial charge in [-0.2, -0.15) is 0 Å². The minimum atomic E-state index is -3.43. The first-order valence-corrected chi connectivity index (χ1v) is 7.65. The van der Waals surface area contributed by atoms with E-state index in [0.29, 0.717) is 19.5 Å². The average Bonchev–Trinajstić information content (AvgIpc) is 2.15. The molecule has 1 amide bonds. The number of sulfone groups is 1. The smallest absolute Gasteiger partial charge is 0.243 e. The summed E-state index contributed by atoms with van der Waals surface area (Å²) in [6.07, 6.45) is 1.76. The van der Waals surface area contributed by atoms with E-state index < -0.39 is 14.6 Å². The van der Waals surface area contributed by atoms with E-state index >= 15 is 0 Å². The highest BCUT2D eigenvalue weighted by atomic mass is 32.2.